The second-order valence-corrected chi connectivity index (χ2v) is 7.69. The lowest BCUT2D eigenvalue weighted by atomic mass is 9.92. The van der Waals surface area contributed by atoms with Crippen molar-refractivity contribution in [3.63, 3.8) is 0 Å². The van der Waals surface area contributed by atoms with Crippen LogP contribution in [-0.4, -0.2) is 15.8 Å². The molecule has 1 saturated carbocycles. The first kappa shape index (κ1) is 17.9. The summed E-state index contributed by atoms with van der Waals surface area (Å²) in [7, 11) is 1.89. The molecular weight excluding hydrogens is 360 g/mol. The first-order chi connectivity index (χ1) is 13.1. The Kier molecular flexibility index (Phi) is 5.03. The lowest BCUT2D eigenvalue weighted by molar-refractivity contribution is 0.242. The molecule has 3 aromatic rings. The molecule has 4 rings (SSSR count). The number of urea groups is 1. The van der Waals surface area contributed by atoms with Crippen LogP contribution in [0.5, 0.6) is 0 Å². The number of amides is 2. The summed E-state index contributed by atoms with van der Waals surface area (Å²) in [5, 5.41) is 12.3. The van der Waals surface area contributed by atoms with Gasteiger partial charge < -0.3 is 10.6 Å². The van der Waals surface area contributed by atoms with Crippen molar-refractivity contribution in [3.8, 4) is 0 Å². The Bertz CT molecular complexity index is 962. The van der Waals surface area contributed by atoms with Gasteiger partial charge in [-0.3, -0.25) is 4.68 Å². The predicted octanol–water partition coefficient (Wildman–Crippen LogP) is 5.28. The third kappa shape index (κ3) is 4.08. The molecule has 1 aliphatic rings. The van der Waals surface area contributed by atoms with Crippen molar-refractivity contribution in [1.82, 2.24) is 15.1 Å². The quantitative estimate of drug-likeness (QED) is 0.644. The van der Waals surface area contributed by atoms with Gasteiger partial charge in [-0.2, -0.15) is 5.10 Å². The van der Waals surface area contributed by atoms with Gasteiger partial charge in [0.2, 0.25) is 0 Å². The molecule has 0 saturated heterocycles. The Balaban J connectivity index is 1.51. The highest BCUT2D eigenvalue weighted by atomic mass is 35.5. The van der Waals surface area contributed by atoms with Gasteiger partial charge in [0, 0.05) is 29.3 Å². The fraction of sp³-hybridized carbons (Fsp3) is 0.333. The summed E-state index contributed by atoms with van der Waals surface area (Å²) in [6.07, 6.45) is 6.62. The number of carbonyl (C=O) groups excluding carboxylic acids is 1. The zero-order chi connectivity index (χ0) is 18.8. The topological polar surface area (TPSA) is 59.0 Å². The van der Waals surface area contributed by atoms with Gasteiger partial charge in [-0.1, -0.05) is 36.6 Å². The maximum Gasteiger partial charge on any atom is 0.319 e. The van der Waals surface area contributed by atoms with Crippen molar-refractivity contribution < 1.29 is 4.79 Å². The van der Waals surface area contributed by atoms with E-state index in [4.69, 9.17) is 11.6 Å². The number of nitrogens with one attached hydrogen (secondary N) is 2. The lowest BCUT2D eigenvalue weighted by Crippen LogP contribution is -2.35. The van der Waals surface area contributed by atoms with Crippen LogP contribution in [0.25, 0.3) is 10.9 Å². The molecule has 1 aliphatic carbocycles. The number of aryl methyl sites for hydroxylation is 1. The van der Waals surface area contributed by atoms with Crippen LogP contribution in [-0.2, 0) is 7.05 Å². The molecule has 1 atom stereocenters. The summed E-state index contributed by atoms with van der Waals surface area (Å²) < 4.78 is 1.77. The molecule has 1 fully saturated rings. The van der Waals surface area contributed by atoms with Gasteiger partial charge in [-0.15, -0.1) is 0 Å². The maximum atomic E-state index is 12.7. The van der Waals surface area contributed by atoms with E-state index in [0.717, 1.165) is 35.0 Å². The number of halogens is 1. The minimum absolute atomic E-state index is 0.0372. The fourth-order valence-electron chi connectivity index (χ4n) is 3.99. The van der Waals surface area contributed by atoms with E-state index in [2.05, 4.69) is 15.7 Å². The number of aromatic nitrogens is 2. The van der Waals surface area contributed by atoms with Crippen LogP contribution < -0.4 is 10.6 Å². The van der Waals surface area contributed by atoms with Crippen molar-refractivity contribution in [1.29, 1.82) is 0 Å². The van der Waals surface area contributed by atoms with Crippen molar-refractivity contribution in [2.45, 2.75) is 31.7 Å². The summed E-state index contributed by atoms with van der Waals surface area (Å²) in [5.41, 5.74) is 2.65. The molecule has 140 valence electrons. The molecule has 0 bridgehead atoms. The molecule has 1 aromatic heterocycles. The summed E-state index contributed by atoms with van der Waals surface area (Å²) in [5.74, 6) is 0.437. The first-order valence-electron chi connectivity index (χ1n) is 9.35. The highest BCUT2D eigenvalue weighted by Gasteiger charge is 2.28. The molecule has 27 heavy (non-hydrogen) atoms. The fourth-order valence-corrected chi connectivity index (χ4v) is 4.19. The molecule has 0 aliphatic heterocycles. The van der Waals surface area contributed by atoms with Gasteiger partial charge in [0.1, 0.15) is 0 Å². The monoisotopic (exact) mass is 382 g/mol. The second kappa shape index (κ2) is 7.61. The molecule has 2 aromatic carbocycles. The number of nitrogens with zero attached hydrogens (tertiary/aromatic N) is 2. The van der Waals surface area contributed by atoms with E-state index in [0.29, 0.717) is 10.9 Å². The van der Waals surface area contributed by atoms with Gasteiger partial charge in [-0.05, 0) is 54.7 Å². The minimum Gasteiger partial charge on any atom is -0.331 e. The van der Waals surface area contributed by atoms with Gasteiger partial charge in [0.15, 0.2) is 0 Å². The van der Waals surface area contributed by atoms with E-state index >= 15 is 0 Å². The Morgan fingerprint density at radius 1 is 1.22 bits per heavy atom. The highest BCUT2D eigenvalue weighted by Crippen LogP contribution is 2.36. The van der Waals surface area contributed by atoms with E-state index in [1.54, 1.807) is 4.68 Å². The third-order valence-electron chi connectivity index (χ3n) is 5.25. The number of benzene rings is 2. The molecule has 2 N–H and O–H groups in total. The number of fused-ring (bicyclic) bond motifs is 1. The number of anilines is 1. The standard InChI is InChI=1S/C21H23ClN4O/c1-26-13-16-9-10-18(12-19(16)25-26)23-21(27)24-20(14-5-2-3-6-14)15-7-4-8-17(22)11-15/h4,7-14,20H,2-3,5-6H2,1H3,(H2,23,24,27). The molecule has 5 nitrogen and oxygen atoms in total. The van der Waals surface area contributed by atoms with E-state index in [-0.39, 0.29) is 12.1 Å². The van der Waals surface area contributed by atoms with Crippen molar-refractivity contribution in [2.75, 3.05) is 5.32 Å². The summed E-state index contributed by atoms with van der Waals surface area (Å²) in [4.78, 5) is 12.7. The van der Waals surface area contributed by atoms with E-state index in [1.807, 2.05) is 55.7 Å². The Morgan fingerprint density at radius 3 is 2.81 bits per heavy atom. The molecule has 2 amide bonds. The van der Waals surface area contributed by atoms with Gasteiger partial charge in [-0.25, -0.2) is 4.79 Å². The largest absolute Gasteiger partial charge is 0.331 e. The van der Waals surface area contributed by atoms with Gasteiger partial charge in [0.25, 0.3) is 0 Å². The number of carbonyl (C=O) groups is 1. The van der Waals surface area contributed by atoms with Crippen molar-refractivity contribution >= 4 is 34.2 Å². The third-order valence-corrected chi connectivity index (χ3v) is 5.48. The zero-order valence-corrected chi connectivity index (χ0v) is 16.0. The van der Waals surface area contributed by atoms with Crippen LogP contribution in [0.3, 0.4) is 0 Å². The van der Waals surface area contributed by atoms with Crippen molar-refractivity contribution in [2.24, 2.45) is 13.0 Å². The molecule has 1 heterocycles. The van der Waals surface area contributed by atoms with E-state index in [1.165, 1.54) is 12.8 Å². The van der Waals surface area contributed by atoms with Crippen LogP contribution in [0.15, 0.2) is 48.7 Å². The molecular formula is C21H23ClN4O. The Hall–Kier alpha value is -2.53. The summed E-state index contributed by atoms with van der Waals surface area (Å²) in [6.45, 7) is 0. The Morgan fingerprint density at radius 2 is 2.04 bits per heavy atom. The minimum atomic E-state index is -0.206. The number of rotatable bonds is 4. The van der Waals surface area contributed by atoms with Crippen molar-refractivity contribution in [3.05, 3.63) is 59.2 Å². The predicted molar refractivity (Wildman–Crippen MR) is 109 cm³/mol. The van der Waals surface area contributed by atoms with Crippen LogP contribution >= 0.6 is 11.6 Å². The summed E-state index contributed by atoms with van der Waals surface area (Å²) >= 11 is 6.18. The lowest BCUT2D eigenvalue weighted by Gasteiger charge is -2.25. The molecule has 1 unspecified atom stereocenters. The van der Waals surface area contributed by atoms with E-state index in [9.17, 15) is 4.79 Å². The highest BCUT2D eigenvalue weighted by molar-refractivity contribution is 6.30. The van der Waals surface area contributed by atoms with Crippen LogP contribution in [0.1, 0.15) is 37.3 Å². The van der Waals surface area contributed by atoms with Gasteiger partial charge >= 0.3 is 6.03 Å². The van der Waals surface area contributed by atoms with Crippen LogP contribution in [0.2, 0.25) is 5.02 Å². The smallest absolute Gasteiger partial charge is 0.319 e. The second-order valence-electron chi connectivity index (χ2n) is 7.25. The number of hydrogen-bond acceptors (Lipinski definition) is 2. The van der Waals surface area contributed by atoms with Gasteiger partial charge in [0.05, 0.1) is 11.6 Å². The molecule has 0 radical (unpaired) electrons. The molecule has 6 heteroatoms. The average Bonchev–Trinajstić information content (AvgIpc) is 3.28. The normalized spacial score (nSPS) is 15.8. The first-order valence-corrected chi connectivity index (χ1v) is 9.73. The van der Waals surface area contributed by atoms with Crippen LogP contribution in [0, 0.1) is 5.92 Å². The van der Waals surface area contributed by atoms with E-state index < -0.39 is 0 Å². The maximum absolute atomic E-state index is 12.7. The SMILES string of the molecule is Cn1cc2ccc(NC(=O)NC(c3cccc(Cl)c3)C3CCCC3)cc2n1. The summed E-state index contributed by atoms with van der Waals surface area (Å²) in [6, 6.07) is 13.3. The number of hydrogen-bond donors (Lipinski definition) is 2. The molecule has 0 spiro atoms. The Labute approximate surface area is 163 Å². The average molecular weight is 383 g/mol. The zero-order valence-electron chi connectivity index (χ0n) is 15.3. The van der Waals surface area contributed by atoms with Crippen LogP contribution in [0.4, 0.5) is 10.5 Å².